The number of hydrogen-bond donors (Lipinski definition) is 0. The third kappa shape index (κ3) is 4.29. The summed E-state index contributed by atoms with van der Waals surface area (Å²) in [6.07, 6.45) is 0. The number of carbonyl (C=O) groups excluding carboxylic acids is 2. The summed E-state index contributed by atoms with van der Waals surface area (Å²) in [5, 5.41) is 0. The Balaban J connectivity index is 1.87. The van der Waals surface area contributed by atoms with E-state index < -0.39 is 17.6 Å². The summed E-state index contributed by atoms with van der Waals surface area (Å²) in [7, 11) is 3.05. The van der Waals surface area contributed by atoms with Gasteiger partial charge in [-0.05, 0) is 57.2 Å². The highest BCUT2D eigenvalue weighted by molar-refractivity contribution is 9.10. The number of allylic oxidation sites excluding steroid dienone is 1. The van der Waals surface area contributed by atoms with Crippen molar-refractivity contribution in [2.45, 2.75) is 26.8 Å². The van der Waals surface area contributed by atoms with Gasteiger partial charge in [0, 0.05) is 22.1 Å². The highest BCUT2D eigenvalue weighted by atomic mass is 79.9. The fourth-order valence-electron chi connectivity index (χ4n) is 5.03. The second-order valence-corrected chi connectivity index (χ2v) is 10.7. The van der Waals surface area contributed by atoms with Crippen LogP contribution in [0, 0.1) is 0 Å². The van der Waals surface area contributed by atoms with Gasteiger partial charge in [0.15, 0.2) is 4.80 Å². The smallest absolute Gasteiger partial charge is 0.338 e. The molecule has 202 valence electrons. The first-order valence-electron chi connectivity index (χ1n) is 12.3. The Hall–Kier alpha value is -3.70. The Bertz CT molecular complexity index is 1740. The molecule has 0 fully saturated rings. The Morgan fingerprint density at radius 3 is 2.54 bits per heavy atom. The van der Waals surface area contributed by atoms with Crippen molar-refractivity contribution in [3.05, 3.63) is 83.0 Å². The van der Waals surface area contributed by atoms with E-state index in [-0.39, 0.29) is 22.6 Å². The van der Waals surface area contributed by atoms with Gasteiger partial charge in [0.1, 0.15) is 22.1 Å². The summed E-state index contributed by atoms with van der Waals surface area (Å²) < 4.78 is 19.0. The molecule has 5 rings (SSSR count). The van der Waals surface area contributed by atoms with Crippen molar-refractivity contribution in [1.29, 1.82) is 0 Å². The minimum Gasteiger partial charge on any atom is -0.497 e. The number of thiazole rings is 1. The molecule has 0 saturated carbocycles. The Morgan fingerprint density at radius 2 is 1.87 bits per heavy atom. The topological polar surface area (TPSA) is 99.4 Å². The second kappa shape index (κ2) is 10.5. The standard InChI is InChI=1S/C28H26BrN3O6S/c1-6-31-19-10-8-15(29)12-17(19)22(25(31)33)24-26(34)32-23(18-13-16(36-4)9-11-20(18)37-5)21(27(35)38-7-2)14(3)30-28(32)39-24/h8-13,23H,6-7H2,1-5H3/b24-22+/t23-/m0/s1. The first kappa shape index (κ1) is 26.9. The monoisotopic (exact) mass is 611 g/mol. The third-order valence-electron chi connectivity index (χ3n) is 6.75. The molecule has 0 aliphatic carbocycles. The largest absolute Gasteiger partial charge is 0.497 e. The first-order valence-corrected chi connectivity index (χ1v) is 13.9. The van der Waals surface area contributed by atoms with Crippen molar-refractivity contribution in [3.8, 4) is 11.5 Å². The van der Waals surface area contributed by atoms with E-state index in [0.29, 0.717) is 45.2 Å². The number of rotatable bonds is 6. The molecule has 11 heteroatoms. The number of benzene rings is 2. The molecule has 1 amide bonds. The highest BCUT2D eigenvalue weighted by Gasteiger charge is 2.38. The van der Waals surface area contributed by atoms with E-state index in [1.165, 1.54) is 18.8 Å². The number of fused-ring (bicyclic) bond motifs is 2. The molecule has 0 radical (unpaired) electrons. The lowest BCUT2D eigenvalue weighted by atomic mass is 9.94. The van der Waals surface area contributed by atoms with Gasteiger partial charge in [-0.25, -0.2) is 9.79 Å². The average Bonchev–Trinajstić information content (AvgIpc) is 3.38. The Labute approximate surface area is 236 Å². The Morgan fingerprint density at radius 1 is 1.10 bits per heavy atom. The summed E-state index contributed by atoms with van der Waals surface area (Å²) in [6, 6.07) is 9.84. The molecule has 3 aromatic rings. The van der Waals surface area contributed by atoms with Crippen LogP contribution in [0.3, 0.4) is 0 Å². The molecule has 0 spiro atoms. The number of esters is 1. The average molecular weight is 613 g/mol. The molecule has 2 aliphatic rings. The molecule has 1 aromatic heterocycles. The molecule has 0 saturated heterocycles. The van der Waals surface area contributed by atoms with Gasteiger partial charge < -0.3 is 19.1 Å². The number of carbonyl (C=O) groups is 2. The summed E-state index contributed by atoms with van der Waals surface area (Å²) in [4.78, 5) is 47.8. The number of methoxy groups -OCH3 is 2. The van der Waals surface area contributed by atoms with E-state index >= 15 is 0 Å². The van der Waals surface area contributed by atoms with E-state index in [1.54, 1.807) is 36.9 Å². The lowest BCUT2D eigenvalue weighted by Gasteiger charge is -2.26. The minimum absolute atomic E-state index is 0.152. The van der Waals surface area contributed by atoms with Crippen LogP contribution >= 0.6 is 27.3 Å². The number of anilines is 1. The minimum atomic E-state index is -0.916. The van der Waals surface area contributed by atoms with Crippen molar-refractivity contribution in [2.24, 2.45) is 4.99 Å². The van der Waals surface area contributed by atoms with Crippen LogP contribution in [0.5, 0.6) is 11.5 Å². The number of halogens is 1. The maximum absolute atomic E-state index is 14.3. The number of hydrogen-bond acceptors (Lipinski definition) is 8. The second-order valence-electron chi connectivity index (χ2n) is 8.82. The van der Waals surface area contributed by atoms with Crippen LogP contribution < -0.4 is 29.3 Å². The predicted molar refractivity (Wildman–Crippen MR) is 151 cm³/mol. The van der Waals surface area contributed by atoms with Gasteiger partial charge in [-0.1, -0.05) is 27.3 Å². The fourth-order valence-corrected chi connectivity index (χ4v) is 6.52. The summed E-state index contributed by atoms with van der Waals surface area (Å²) in [5.41, 5.74) is 2.44. The normalized spacial score (nSPS) is 17.5. The van der Waals surface area contributed by atoms with Crippen LogP contribution in [0.25, 0.3) is 5.57 Å². The van der Waals surface area contributed by atoms with Gasteiger partial charge >= 0.3 is 5.97 Å². The number of aromatic nitrogens is 1. The number of amides is 1. The molecule has 0 N–H and O–H groups in total. The van der Waals surface area contributed by atoms with Crippen LogP contribution in [0.2, 0.25) is 0 Å². The van der Waals surface area contributed by atoms with Crippen LogP contribution in [0.4, 0.5) is 5.69 Å². The van der Waals surface area contributed by atoms with E-state index in [4.69, 9.17) is 14.2 Å². The molecule has 2 aliphatic heterocycles. The maximum atomic E-state index is 14.3. The van der Waals surface area contributed by atoms with Gasteiger partial charge in [-0.2, -0.15) is 0 Å². The predicted octanol–water partition coefficient (Wildman–Crippen LogP) is 3.31. The highest BCUT2D eigenvalue weighted by Crippen LogP contribution is 2.39. The van der Waals surface area contributed by atoms with Gasteiger partial charge in [0.05, 0.1) is 43.4 Å². The fraction of sp³-hybridized carbons (Fsp3) is 0.286. The zero-order chi connectivity index (χ0) is 28.0. The number of likely N-dealkylation sites (N-methyl/N-ethyl adjacent to an activating group) is 1. The number of nitrogens with zero attached hydrogens (tertiary/aromatic N) is 3. The van der Waals surface area contributed by atoms with E-state index in [1.807, 2.05) is 25.1 Å². The SMILES string of the molecule is CCOC(=O)C1=C(C)N=c2s/c(=C3/C(=O)N(CC)c4ccc(Br)cc43)c(=O)n2[C@H]1c1cc(OC)ccc1OC. The molecule has 39 heavy (non-hydrogen) atoms. The summed E-state index contributed by atoms with van der Waals surface area (Å²) in [5.74, 6) is 0.138. The maximum Gasteiger partial charge on any atom is 0.338 e. The van der Waals surface area contributed by atoms with Gasteiger partial charge in [-0.15, -0.1) is 0 Å². The quantitative estimate of drug-likeness (QED) is 0.397. The first-order chi connectivity index (χ1) is 18.7. The zero-order valence-electron chi connectivity index (χ0n) is 22.0. The van der Waals surface area contributed by atoms with Crippen molar-refractivity contribution in [1.82, 2.24) is 4.57 Å². The molecular weight excluding hydrogens is 586 g/mol. The van der Waals surface area contributed by atoms with Gasteiger partial charge in [0.2, 0.25) is 0 Å². The molecule has 2 aromatic carbocycles. The van der Waals surface area contributed by atoms with Crippen molar-refractivity contribution >= 4 is 50.4 Å². The van der Waals surface area contributed by atoms with E-state index in [0.717, 1.165) is 21.5 Å². The lowest BCUT2D eigenvalue weighted by molar-refractivity contribution is -0.139. The molecule has 3 heterocycles. The van der Waals surface area contributed by atoms with Crippen molar-refractivity contribution in [2.75, 3.05) is 32.3 Å². The lowest BCUT2D eigenvalue weighted by Crippen LogP contribution is -2.41. The van der Waals surface area contributed by atoms with E-state index in [9.17, 15) is 14.4 Å². The zero-order valence-corrected chi connectivity index (χ0v) is 24.4. The molecule has 0 bridgehead atoms. The molecule has 1 atom stereocenters. The van der Waals surface area contributed by atoms with Crippen LogP contribution in [0.1, 0.15) is 37.9 Å². The van der Waals surface area contributed by atoms with E-state index in [2.05, 4.69) is 20.9 Å². The van der Waals surface area contributed by atoms with Crippen LogP contribution in [0.15, 0.2) is 61.9 Å². The molecular formula is C28H26BrN3O6S. The van der Waals surface area contributed by atoms with Gasteiger partial charge in [0.25, 0.3) is 11.5 Å². The summed E-state index contributed by atoms with van der Waals surface area (Å²) in [6.45, 7) is 5.91. The number of ether oxygens (including phenoxy) is 3. The van der Waals surface area contributed by atoms with Crippen LogP contribution in [-0.4, -0.2) is 43.8 Å². The Kier molecular flexibility index (Phi) is 7.21. The third-order valence-corrected chi connectivity index (χ3v) is 8.29. The van der Waals surface area contributed by atoms with Crippen molar-refractivity contribution in [3.63, 3.8) is 0 Å². The molecule has 9 nitrogen and oxygen atoms in total. The van der Waals surface area contributed by atoms with Crippen LogP contribution in [-0.2, 0) is 14.3 Å². The van der Waals surface area contributed by atoms with Crippen molar-refractivity contribution < 1.29 is 23.8 Å². The van der Waals surface area contributed by atoms with Gasteiger partial charge in [-0.3, -0.25) is 14.2 Å². The molecule has 0 unspecified atom stereocenters. The summed E-state index contributed by atoms with van der Waals surface area (Å²) >= 11 is 4.62.